The minimum atomic E-state index is 0.605. The van der Waals surface area contributed by atoms with Gasteiger partial charge in [-0.3, -0.25) is 0 Å². The van der Waals surface area contributed by atoms with E-state index in [-0.39, 0.29) is 0 Å². The van der Waals surface area contributed by atoms with Crippen LogP contribution in [0.4, 0.5) is 5.13 Å². The Morgan fingerprint density at radius 3 is 2.95 bits per heavy atom. The van der Waals surface area contributed by atoms with Gasteiger partial charge in [-0.15, -0.1) is 11.3 Å². The van der Waals surface area contributed by atoms with E-state index in [9.17, 15) is 0 Å². The normalized spacial score (nSPS) is 14.6. The van der Waals surface area contributed by atoms with Crippen LogP contribution in [0.3, 0.4) is 0 Å². The molecule has 1 aliphatic rings. The van der Waals surface area contributed by atoms with Crippen molar-refractivity contribution < 1.29 is 4.74 Å². The van der Waals surface area contributed by atoms with Crippen molar-refractivity contribution in [2.75, 3.05) is 12.8 Å². The fourth-order valence-electron chi connectivity index (χ4n) is 2.17. The first kappa shape index (κ1) is 12.8. The van der Waals surface area contributed by atoms with Gasteiger partial charge in [0.1, 0.15) is 5.75 Å². The van der Waals surface area contributed by atoms with Crippen molar-refractivity contribution in [3.05, 3.63) is 39.4 Å². The molecule has 2 N–H and O–H groups in total. The standard InChI is InChI=1S/C14H15ClN2OS/c1-18-10-4-5-11(15)9(6-10)7-12-13(8-2-3-8)17-14(16)19-12/h4-6,8H,2-3,7H2,1H3,(H2,16,17). The summed E-state index contributed by atoms with van der Waals surface area (Å²) in [6.45, 7) is 0. The van der Waals surface area contributed by atoms with Gasteiger partial charge in [0.15, 0.2) is 5.13 Å². The van der Waals surface area contributed by atoms with Crippen LogP contribution in [0.5, 0.6) is 5.75 Å². The van der Waals surface area contributed by atoms with Gasteiger partial charge in [0, 0.05) is 22.2 Å². The molecule has 1 aliphatic carbocycles. The highest BCUT2D eigenvalue weighted by Gasteiger charge is 2.29. The Hall–Kier alpha value is -1.26. The average Bonchev–Trinajstić information content (AvgIpc) is 3.17. The molecule has 5 heteroatoms. The Kier molecular flexibility index (Phi) is 3.37. The SMILES string of the molecule is COc1ccc(Cl)c(Cc2sc(N)nc2C2CC2)c1. The summed E-state index contributed by atoms with van der Waals surface area (Å²) in [5.41, 5.74) is 8.07. The van der Waals surface area contributed by atoms with Crippen LogP contribution in [0, 0.1) is 0 Å². The summed E-state index contributed by atoms with van der Waals surface area (Å²) in [5.74, 6) is 1.43. The Labute approximate surface area is 121 Å². The molecule has 19 heavy (non-hydrogen) atoms. The number of benzene rings is 1. The van der Waals surface area contributed by atoms with E-state index in [1.54, 1.807) is 18.4 Å². The molecular weight excluding hydrogens is 280 g/mol. The van der Waals surface area contributed by atoms with Crippen LogP contribution in [0.25, 0.3) is 0 Å². The topological polar surface area (TPSA) is 48.1 Å². The molecule has 0 aliphatic heterocycles. The van der Waals surface area contributed by atoms with Gasteiger partial charge in [0.05, 0.1) is 12.8 Å². The minimum Gasteiger partial charge on any atom is -0.497 e. The van der Waals surface area contributed by atoms with E-state index in [0.29, 0.717) is 11.0 Å². The van der Waals surface area contributed by atoms with Gasteiger partial charge in [-0.05, 0) is 36.6 Å². The molecule has 0 amide bonds. The number of nitrogens with two attached hydrogens (primary N) is 1. The molecule has 0 bridgehead atoms. The Morgan fingerprint density at radius 2 is 2.26 bits per heavy atom. The zero-order chi connectivity index (χ0) is 13.4. The first-order valence-corrected chi connectivity index (χ1v) is 7.44. The molecule has 2 aromatic rings. The number of hydrogen-bond donors (Lipinski definition) is 1. The number of methoxy groups -OCH3 is 1. The lowest BCUT2D eigenvalue weighted by Crippen LogP contribution is -1.93. The van der Waals surface area contributed by atoms with Gasteiger partial charge >= 0.3 is 0 Å². The fourth-order valence-corrected chi connectivity index (χ4v) is 3.30. The van der Waals surface area contributed by atoms with Crippen molar-refractivity contribution in [1.82, 2.24) is 4.98 Å². The maximum absolute atomic E-state index is 6.25. The molecule has 1 saturated carbocycles. The first-order chi connectivity index (χ1) is 9.17. The van der Waals surface area contributed by atoms with Gasteiger partial charge in [-0.25, -0.2) is 4.98 Å². The van der Waals surface area contributed by atoms with Crippen LogP contribution in [-0.2, 0) is 6.42 Å². The van der Waals surface area contributed by atoms with Crippen LogP contribution in [0.2, 0.25) is 5.02 Å². The van der Waals surface area contributed by atoms with Crippen LogP contribution in [-0.4, -0.2) is 12.1 Å². The van der Waals surface area contributed by atoms with Gasteiger partial charge < -0.3 is 10.5 Å². The molecule has 0 radical (unpaired) electrons. The molecule has 0 unspecified atom stereocenters. The van der Waals surface area contributed by atoms with E-state index in [4.69, 9.17) is 22.1 Å². The monoisotopic (exact) mass is 294 g/mol. The predicted molar refractivity (Wildman–Crippen MR) is 79.3 cm³/mol. The molecule has 1 aromatic heterocycles. The number of hydrogen-bond acceptors (Lipinski definition) is 4. The largest absolute Gasteiger partial charge is 0.497 e. The zero-order valence-corrected chi connectivity index (χ0v) is 12.2. The van der Waals surface area contributed by atoms with Gasteiger partial charge in [0.2, 0.25) is 0 Å². The van der Waals surface area contributed by atoms with E-state index in [1.807, 2.05) is 18.2 Å². The van der Waals surface area contributed by atoms with E-state index < -0.39 is 0 Å². The van der Waals surface area contributed by atoms with Crippen LogP contribution in [0.15, 0.2) is 18.2 Å². The van der Waals surface area contributed by atoms with E-state index in [0.717, 1.165) is 22.8 Å². The van der Waals surface area contributed by atoms with Crippen LogP contribution < -0.4 is 10.5 Å². The molecule has 1 fully saturated rings. The summed E-state index contributed by atoms with van der Waals surface area (Å²) in [4.78, 5) is 5.69. The minimum absolute atomic E-state index is 0.605. The number of thiazole rings is 1. The van der Waals surface area contributed by atoms with E-state index >= 15 is 0 Å². The second kappa shape index (κ2) is 5.02. The summed E-state index contributed by atoms with van der Waals surface area (Å²) in [6, 6.07) is 5.72. The number of ether oxygens (including phenoxy) is 1. The van der Waals surface area contributed by atoms with E-state index in [2.05, 4.69) is 4.98 Å². The smallest absolute Gasteiger partial charge is 0.180 e. The van der Waals surface area contributed by atoms with Crippen molar-refractivity contribution in [1.29, 1.82) is 0 Å². The second-order valence-corrected chi connectivity index (χ2v) is 6.29. The molecule has 1 heterocycles. The lowest BCUT2D eigenvalue weighted by molar-refractivity contribution is 0.414. The van der Waals surface area contributed by atoms with Crippen molar-refractivity contribution in [3.8, 4) is 5.75 Å². The average molecular weight is 295 g/mol. The third kappa shape index (κ3) is 2.69. The summed E-state index contributed by atoms with van der Waals surface area (Å²) >= 11 is 7.82. The number of halogens is 1. The molecule has 0 spiro atoms. The van der Waals surface area contributed by atoms with Gasteiger partial charge in [-0.1, -0.05) is 11.6 Å². The molecular formula is C14H15ClN2OS. The van der Waals surface area contributed by atoms with Gasteiger partial charge in [0.25, 0.3) is 0 Å². The number of rotatable bonds is 4. The molecule has 3 rings (SSSR count). The molecule has 100 valence electrons. The summed E-state index contributed by atoms with van der Waals surface area (Å²) in [6.07, 6.45) is 3.22. The molecule has 3 nitrogen and oxygen atoms in total. The number of aromatic nitrogens is 1. The molecule has 0 saturated heterocycles. The Morgan fingerprint density at radius 1 is 1.47 bits per heavy atom. The summed E-state index contributed by atoms with van der Waals surface area (Å²) < 4.78 is 5.25. The Bertz CT molecular complexity index is 607. The third-order valence-electron chi connectivity index (χ3n) is 3.31. The molecule has 1 aromatic carbocycles. The highest BCUT2D eigenvalue weighted by atomic mass is 35.5. The lowest BCUT2D eigenvalue weighted by atomic mass is 10.1. The predicted octanol–water partition coefficient (Wildman–Crippen LogP) is 3.86. The second-order valence-electron chi connectivity index (χ2n) is 4.77. The van der Waals surface area contributed by atoms with Crippen molar-refractivity contribution in [2.24, 2.45) is 0 Å². The van der Waals surface area contributed by atoms with Crippen molar-refractivity contribution >= 4 is 28.1 Å². The van der Waals surface area contributed by atoms with Gasteiger partial charge in [-0.2, -0.15) is 0 Å². The van der Waals surface area contributed by atoms with E-state index in [1.165, 1.54) is 23.4 Å². The highest BCUT2D eigenvalue weighted by molar-refractivity contribution is 7.15. The third-order valence-corrected chi connectivity index (χ3v) is 4.58. The first-order valence-electron chi connectivity index (χ1n) is 6.25. The maximum Gasteiger partial charge on any atom is 0.180 e. The summed E-state index contributed by atoms with van der Waals surface area (Å²) in [7, 11) is 1.66. The Balaban J connectivity index is 1.92. The quantitative estimate of drug-likeness (QED) is 0.931. The van der Waals surface area contributed by atoms with Crippen LogP contribution in [0.1, 0.15) is 34.9 Å². The van der Waals surface area contributed by atoms with Crippen molar-refractivity contribution in [2.45, 2.75) is 25.2 Å². The zero-order valence-electron chi connectivity index (χ0n) is 10.6. The highest BCUT2D eigenvalue weighted by Crippen LogP contribution is 2.44. The molecule has 0 atom stereocenters. The van der Waals surface area contributed by atoms with Crippen LogP contribution >= 0.6 is 22.9 Å². The summed E-state index contributed by atoms with van der Waals surface area (Å²) in [5, 5.41) is 1.41. The lowest BCUT2D eigenvalue weighted by Gasteiger charge is -2.07. The number of nitrogens with zero attached hydrogens (tertiary/aromatic N) is 1. The number of nitrogen functional groups attached to an aromatic ring is 1. The van der Waals surface area contributed by atoms with Crippen molar-refractivity contribution in [3.63, 3.8) is 0 Å². The fraction of sp³-hybridized carbons (Fsp3) is 0.357. The maximum atomic E-state index is 6.25. The number of anilines is 1.